The molecule has 44 valence electrons. The van der Waals surface area contributed by atoms with Gasteiger partial charge in [-0.15, -0.1) is 6.42 Å². The van der Waals surface area contributed by atoms with Gasteiger partial charge in [-0.25, -0.2) is 4.31 Å². The molecule has 1 aliphatic rings. The van der Waals surface area contributed by atoms with E-state index in [-0.39, 0.29) is 0 Å². The third kappa shape index (κ3) is 0.988. The Labute approximate surface area is 55.6 Å². The second kappa shape index (κ2) is 2.43. The Bertz CT molecular complexity index is 116. The Morgan fingerprint density at radius 2 is 2.50 bits per heavy atom. The molecule has 1 fully saturated rings. The van der Waals surface area contributed by atoms with E-state index in [2.05, 4.69) is 18.7 Å². The zero-order valence-electron chi connectivity index (χ0n) is 4.67. The maximum atomic E-state index is 5.18. The number of hydrogen-bond donors (Lipinski definition) is 1. The second-order valence-corrected chi connectivity index (χ2v) is 2.50. The normalized spacial score (nSPS) is 30.2. The van der Waals surface area contributed by atoms with Crippen molar-refractivity contribution in [3.8, 4) is 12.3 Å². The molecule has 1 nitrogen and oxygen atoms in total. The summed E-state index contributed by atoms with van der Waals surface area (Å²) in [4.78, 5) is 0. The lowest BCUT2D eigenvalue weighted by Crippen LogP contribution is -2.16. The second-order valence-electron chi connectivity index (χ2n) is 1.99. The highest BCUT2D eigenvalue weighted by atomic mass is 32.1. The fourth-order valence-electron chi connectivity index (χ4n) is 0.921. The minimum Gasteiger partial charge on any atom is -0.238 e. The van der Waals surface area contributed by atoms with Crippen LogP contribution in [0.2, 0.25) is 0 Å². The van der Waals surface area contributed by atoms with E-state index in [1.165, 1.54) is 6.42 Å². The molecule has 0 aromatic heterocycles. The summed E-state index contributed by atoms with van der Waals surface area (Å²) >= 11 is 4.16. The summed E-state index contributed by atoms with van der Waals surface area (Å²) in [5, 5.41) is 0. The quantitative estimate of drug-likeness (QED) is 0.374. The van der Waals surface area contributed by atoms with Gasteiger partial charge in [-0.3, -0.25) is 0 Å². The fourth-order valence-corrected chi connectivity index (χ4v) is 1.24. The van der Waals surface area contributed by atoms with Gasteiger partial charge in [-0.2, -0.15) is 0 Å². The van der Waals surface area contributed by atoms with Gasteiger partial charge in [-0.05, 0) is 12.8 Å². The molecule has 0 spiro atoms. The molecule has 8 heavy (non-hydrogen) atoms. The van der Waals surface area contributed by atoms with Gasteiger partial charge in [0, 0.05) is 6.54 Å². The molecular formula is C6H9NS. The standard InChI is InChI=1S/C6H9NS/c1-2-6-4-3-5-7(6)8/h1,6,8H,3-5H2. The summed E-state index contributed by atoms with van der Waals surface area (Å²) in [6.45, 7) is 1.04. The van der Waals surface area contributed by atoms with Gasteiger partial charge in [0.15, 0.2) is 0 Å². The third-order valence-electron chi connectivity index (χ3n) is 1.42. The van der Waals surface area contributed by atoms with E-state index in [0.29, 0.717) is 6.04 Å². The Morgan fingerprint density at radius 3 is 2.75 bits per heavy atom. The molecule has 0 saturated carbocycles. The smallest absolute Gasteiger partial charge is 0.0805 e. The van der Waals surface area contributed by atoms with E-state index in [1.807, 2.05) is 4.31 Å². The molecule has 0 bridgehead atoms. The molecule has 0 N–H and O–H groups in total. The van der Waals surface area contributed by atoms with E-state index in [4.69, 9.17) is 6.42 Å². The van der Waals surface area contributed by atoms with E-state index in [1.54, 1.807) is 0 Å². The molecule has 1 saturated heterocycles. The lowest BCUT2D eigenvalue weighted by Gasteiger charge is -2.09. The number of nitrogens with zero attached hydrogens (tertiary/aromatic N) is 1. The van der Waals surface area contributed by atoms with Crippen LogP contribution in [0.5, 0.6) is 0 Å². The highest BCUT2D eigenvalue weighted by molar-refractivity contribution is 7.77. The number of terminal acetylenes is 1. The monoisotopic (exact) mass is 127 g/mol. The summed E-state index contributed by atoms with van der Waals surface area (Å²) in [6.07, 6.45) is 7.49. The van der Waals surface area contributed by atoms with E-state index < -0.39 is 0 Å². The van der Waals surface area contributed by atoms with Crippen LogP contribution in [0, 0.1) is 12.3 Å². The van der Waals surface area contributed by atoms with Crippen LogP contribution in [-0.4, -0.2) is 16.9 Å². The van der Waals surface area contributed by atoms with Crippen LogP contribution in [0.15, 0.2) is 0 Å². The first-order valence-corrected chi connectivity index (χ1v) is 3.16. The van der Waals surface area contributed by atoms with Crippen LogP contribution in [0.25, 0.3) is 0 Å². The summed E-state index contributed by atoms with van der Waals surface area (Å²) in [5.41, 5.74) is 0. The number of hydrogen-bond acceptors (Lipinski definition) is 2. The molecule has 1 heterocycles. The highest BCUT2D eigenvalue weighted by Gasteiger charge is 2.18. The first kappa shape index (κ1) is 6.00. The van der Waals surface area contributed by atoms with Gasteiger partial charge in [0.25, 0.3) is 0 Å². The van der Waals surface area contributed by atoms with Crippen molar-refractivity contribution in [2.24, 2.45) is 0 Å². The van der Waals surface area contributed by atoms with Crippen molar-refractivity contribution in [2.75, 3.05) is 6.54 Å². The van der Waals surface area contributed by atoms with E-state index in [0.717, 1.165) is 13.0 Å². The van der Waals surface area contributed by atoms with E-state index >= 15 is 0 Å². The minimum absolute atomic E-state index is 0.290. The number of rotatable bonds is 0. The molecule has 2 heteroatoms. The summed E-state index contributed by atoms with van der Waals surface area (Å²) in [6, 6.07) is 0.290. The van der Waals surface area contributed by atoms with Crippen molar-refractivity contribution in [2.45, 2.75) is 18.9 Å². The van der Waals surface area contributed by atoms with Crippen LogP contribution < -0.4 is 0 Å². The average Bonchev–Trinajstić information content (AvgIpc) is 2.14. The fraction of sp³-hybridized carbons (Fsp3) is 0.667. The number of thiol groups is 1. The molecule has 1 unspecified atom stereocenters. The third-order valence-corrected chi connectivity index (χ3v) is 1.90. The van der Waals surface area contributed by atoms with Crippen LogP contribution in [0.4, 0.5) is 0 Å². The highest BCUT2D eigenvalue weighted by Crippen LogP contribution is 2.17. The van der Waals surface area contributed by atoms with Crippen LogP contribution in [0.3, 0.4) is 0 Å². The Balaban J connectivity index is 2.45. The zero-order chi connectivity index (χ0) is 5.98. The Hall–Kier alpha value is -0.130. The molecule has 0 aromatic rings. The van der Waals surface area contributed by atoms with Gasteiger partial charge in [0.05, 0.1) is 6.04 Å². The van der Waals surface area contributed by atoms with Crippen molar-refractivity contribution in [1.29, 1.82) is 0 Å². The predicted molar refractivity (Wildman–Crippen MR) is 37.5 cm³/mol. The van der Waals surface area contributed by atoms with Crippen molar-refractivity contribution in [1.82, 2.24) is 4.31 Å². The van der Waals surface area contributed by atoms with Crippen LogP contribution in [0.1, 0.15) is 12.8 Å². The van der Waals surface area contributed by atoms with Gasteiger partial charge in [0.1, 0.15) is 0 Å². The van der Waals surface area contributed by atoms with Crippen molar-refractivity contribution in [3.05, 3.63) is 0 Å². The lowest BCUT2D eigenvalue weighted by atomic mass is 10.2. The average molecular weight is 127 g/mol. The summed E-state index contributed by atoms with van der Waals surface area (Å²) < 4.78 is 1.92. The van der Waals surface area contributed by atoms with Crippen molar-refractivity contribution < 1.29 is 0 Å². The zero-order valence-corrected chi connectivity index (χ0v) is 5.56. The maximum absolute atomic E-state index is 5.18. The summed E-state index contributed by atoms with van der Waals surface area (Å²) in [7, 11) is 0. The molecule has 0 aromatic carbocycles. The maximum Gasteiger partial charge on any atom is 0.0805 e. The van der Waals surface area contributed by atoms with Crippen molar-refractivity contribution in [3.63, 3.8) is 0 Å². The molecule has 1 rings (SSSR count). The Kier molecular flexibility index (Phi) is 1.82. The van der Waals surface area contributed by atoms with Crippen molar-refractivity contribution >= 4 is 12.8 Å². The predicted octanol–water partition coefficient (Wildman–Crippen LogP) is 0.929. The molecule has 0 aliphatic carbocycles. The van der Waals surface area contributed by atoms with Gasteiger partial charge in [0.2, 0.25) is 0 Å². The molecule has 1 aliphatic heterocycles. The largest absolute Gasteiger partial charge is 0.238 e. The lowest BCUT2D eigenvalue weighted by molar-refractivity contribution is 0.524. The Morgan fingerprint density at radius 1 is 1.75 bits per heavy atom. The van der Waals surface area contributed by atoms with E-state index in [9.17, 15) is 0 Å². The topological polar surface area (TPSA) is 3.24 Å². The molecular weight excluding hydrogens is 118 g/mol. The molecule has 0 amide bonds. The minimum atomic E-state index is 0.290. The first-order chi connectivity index (χ1) is 3.84. The summed E-state index contributed by atoms with van der Waals surface area (Å²) in [5.74, 6) is 2.66. The van der Waals surface area contributed by atoms with Crippen LogP contribution in [-0.2, 0) is 0 Å². The molecule has 0 radical (unpaired) electrons. The van der Waals surface area contributed by atoms with Gasteiger partial charge >= 0.3 is 0 Å². The first-order valence-electron chi connectivity index (χ1n) is 2.76. The van der Waals surface area contributed by atoms with Gasteiger partial charge < -0.3 is 0 Å². The molecule has 1 atom stereocenters. The van der Waals surface area contributed by atoms with Crippen LogP contribution >= 0.6 is 12.8 Å². The van der Waals surface area contributed by atoms with Gasteiger partial charge in [-0.1, -0.05) is 18.7 Å². The SMILES string of the molecule is C#CC1CCCN1S.